The number of carboxylic acid groups (broad SMARTS) is 1. The van der Waals surface area contributed by atoms with Crippen LogP contribution in [0.1, 0.15) is 37.8 Å². The van der Waals surface area contributed by atoms with Gasteiger partial charge in [-0.2, -0.15) is 5.10 Å². The van der Waals surface area contributed by atoms with E-state index in [0.29, 0.717) is 29.0 Å². The third kappa shape index (κ3) is 4.66. The number of benzene rings is 3. The lowest BCUT2D eigenvalue weighted by molar-refractivity contribution is 0.0697. The topological polar surface area (TPSA) is 107 Å². The predicted molar refractivity (Wildman–Crippen MR) is 125 cm³/mol. The molecular formula is C26H22FN3O4. The van der Waals surface area contributed by atoms with Gasteiger partial charge in [0.15, 0.2) is 5.78 Å². The van der Waals surface area contributed by atoms with Gasteiger partial charge in [-0.05, 0) is 66.1 Å². The minimum atomic E-state index is -1.15. The number of hydrogen-bond acceptors (Lipinski definition) is 5. The van der Waals surface area contributed by atoms with Crippen molar-refractivity contribution in [1.29, 1.82) is 0 Å². The van der Waals surface area contributed by atoms with Gasteiger partial charge >= 0.3 is 5.97 Å². The molecule has 0 aliphatic carbocycles. The number of halogens is 1. The van der Waals surface area contributed by atoms with Crippen molar-refractivity contribution in [2.45, 2.75) is 12.3 Å². The molecule has 0 saturated heterocycles. The van der Waals surface area contributed by atoms with E-state index in [0.717, 1.165) is 5.56 Å². The zero-order valence-corrected chi connectivity index (χ0v) is 18.3. The number of ketones is 1. The average Bonchev–Trinajstić information content (AvgIpc) is 3.25. The number of carboxylic acids is 1. The molecule has 3 N–H and O–H groups in total. The van der Waals surface area contributed by atoms with Gasteiger partial charge in [0.05, 0.1) is 24.9 Å². The summed E-state index contributed by atoms with van der Waals surface area (Å²) in [4.78, 5) is 24.6. The summed E-state index contributed by atoms with van der Waals surface area (Å²) in [7, 11) is 1.56. The molecule has 0 bridgehead atoms. The lowest BCUT2D eigenvalue weighted by atomic mass is 9.85. The van der Waals surface area contributed by atoms with Gasteiger partial charge in [-0.1, -0.05) is 24.3 Å². The van der Waals surface area contributed by atoms with E-state index in [9.17, 15) is 19.1 Å². The van der Waals surface area contributed by atoms with Crippen LogP contribution in [0.15, 0.2) is 79.0 Å². The van der Waals surface area contributed by atoms with Crippen LogP contribution in [0.4, 0.5) is 10.2 Å². The van der Waals surface area contributed by atoms with Crippen LogP contribution in [0.5, 0.6) is 5.75 Å². The Labute approximate surface area is 195 Å². The Morgan fingerprint density at radius 1 is 1.03 bits per heavy atom. The normalized spacial score (nSPS) is 11.7. The Morgan fingerprint density at radius 3 is 2.24 bits per heavy atom. The van der Waals surface area contributed by atoms with Crippen molar-refractivity contribution in [3.63, 3.8) is 0 Å². The first-order valence-electron chi connectivity index (χ1n) is 10.5. The van der Waals surface area contributed by atoms with Gasteiger partial charge in [-0.25, -0.2) is 13.9 Å². The summed E-state index contributed by atoms with van der Waals surface area (Å²) in [5, 5.41) is 13.2. The van der Waals surface area contributed by atoms with Crippen molar-refractivity contribution in [2.24, 2.45) is 0 Å². The quantitative estimate of drug-likeness (QED) is 0.376. The van der Waals surface area contributed by atoms with E-state index < -0.39 is 11.9 Å². The Morgan fingerprint density at radius 2 is 1.68 bits per heavy atom. The Bertz CT molecular complexity index is 1310. The molecule has 7 nitrogen and oxygen atoms in total. The SMILES string of the molecule is COc1ccc(C(=O)C(Cc2ccc(-n3ncc(C(=O)O)c3N)cc2)c2ccc(F)cc2)cc1. The highest BCUT2D eigenvalue weighted by molar-refractivity contribution is 6.01. The van der Waals surface area contributed by atoms with E-state index in [4.69, 9.17) is 10.5 Å². The number of carbonyl (C=O) groups is 2. The number of aromatic nitrogens is 2. The third-order valence-electron chi connectivity index (χ3n) is 5.62. The van der Waals surface area contributed by atoms with Crippen LogP contribution in [-0.4, -0.2) is 33.7 Å². The summed E-state index contributed by atoms with van der Waals surface area (Å²) in [6.07, 6.45) is 1.58. The highest BCUT2D eigenvalue weighted by Gasteiger charge is 2.23. The van der Waals surface area contributed by atoms with Crippen molar-refractivity contribution < 1.29 is 23.8 Å². The minimum absolute atomic E-state index is 0.0270. The van der Waals surface area contributed by atoms with Gasteiger partial charge in [0.1, 0.15) is 22.9 Å². The molecule has 4 rings (SSSR count). The van der Waals surface area contributed by atoms with Crippen LogP contribution in [-0.2, 0) is 6.42 Å². The number of rotatable bonds is 8. The van der Waals surface area contributed by atoms with Crippen LogP contribution >= 0.6 is 0 Å². The zero-order chi connectivity index (χ0) is 24.2. The fourth-order valence-electron chi connectivity index (χ4n) is 3.75. The highest BCUT2D eigenvalue weighted by Crippen LogP contribution is 2.27. The smallest absolute Gasteiger partial charge is 0.341 e. The predicted octanol–water partition coefficient (Wildman–Crippen LogP) is 4.51. The number of anilines is 1. The molecule has 1 aromatic heterocycles. The second-order valence-corrected chi connectivity index (χ2v) is 7.73. The number of carbonyl (C=O) groups excluding carboxylic acids is 1. The molecular weight excluding hydrogens is 437 g/mol. The Balaban J connectivity index is 1.63. The molecule has 0 aliphatic heterocycles. The van der Waals surface area contributed by atoms with Gasteiger partial charge in [0.2, 0.25) is 0 Å². The fourth-order valence-corrected chi connectivity index (χ4v) is 3.75. The monoisotopic (exact) mass is 459 g/mol. The molecule has 0 fully saturated rings. The van der Waals surface area contributed by atoms with Crippen LogP contribution in [0.3, 0.4) is 0 Å². The van der Waals surface area contributed by atoms with E-state index in [2.05, 4.69) is 5.10 Å². The van der Waals surface area contributed by atoms with Gasteiger partial charge in [-0.3, -0.25) is 4.79 Å². The largest absolute Gasteiger partial charge is 0.497 e. The number of methoxy groups -OCH3 is 1. The van der Waals surface area contributed by atoms with E-state index >= 15 is 0 Å². The number of hydrogen-bond donors (Lipinski definition) is 2. The number of nitrogen functional groups attached to an aromatic ring is 1. The maximum Gasteiger partial charge on any atom is 0.341 e. The zero-order valence-electron chi connectivity index (χ0n) is 18.3. The van der Waals surface area contributed by atoms with Crippen LogP contribution < -0.4 is 10.5 Å². The van der Waals surface area contributed by atoms with Crippen molar-refractivity contribution in [2.75, 3.05) is 12.8 Å². The average molecular weight is 459 g/mol. The lowest BCUT2D eigenvalue weighted by Crippen LogP contribution is -2.16. The fraction of sp³-hybridized carbons (Fsp3) is 0.115. The molecule has 4 aromatic rings. The molecule has 0 radical (unpaired) electrons. The summed E-state index contributed by atoms with van der Waals surface area (Å²) < 4.78 is 20.0. The van der Waals surface area contributed by atoms with Gasteiger partial charge in [0, 0.05) is 5.56 Å². The molecule has 0 spiro atoms. The molecule has 0 aliphatic rings. The number of ether oxygens (including phenoxy) is 1. The van der Waals surface area contributed by atoms with Crippen molar-refractivity contribution in [1.82, 2.24) is 9.78 Å². The highest BCUT2D eigenvalue weighted by atomic mass is 19.1. The molecule has 172 valence electrons. The van der Waals surface area contributed by atoms with Crippen LogP contribution in [0.25, 0.3) is 5.69 Å². The standard InChI is InChI=1S/C26H22FN3O4/c1-34-21-12-6-18(7-13-21)24(31)22(17-4-8-19(27)9-5-17)14-16-2-10-20(11-3-16)30-25(28)23(15-29-30)26(32)33/h2-13,15,22H,14,28H2,1H3,(H,32,33). The third-order valence-corrected chi connectivity index (χ3v) is 5.62. The molecule has 1 atom stereocenters. The van der Waals surface area contributed by atoms with Crippen LogP contribution in [0.2, 0.25) is 0 Å². The summed E-state index contributed by atoms with van der Waals surface area (Å²) in [6, 6.07) is 20.0. The van der Waals surface area contributed by atoms with Gasteiger partial charge in [-0.15, -0.1) is 0 Å². The molecule has 0 amide bonds. The number of Topliss-reactive ketones (excluding diaryl/α,β-unsaturated/α-hetero) is 1. The van der Waals surface area contributed by atoms with Gasteiger partial charge < -0.3 is 15.6 Å². The first kappa shape index (κ1) is 22.7. The number of aromatic carboxylic acids is 1. The molecule has 1 unspecified atom stereocenters. The minimum Gasteiger partial charge on any atom is -0.497 e. The molecule has 0 saturated carbocycles. The van der Waals surface area contributed by atoms with E-state index in [1.165, 1.54) is 23.0 Å². The second kappa shape index (κ2) is 9.58. The van der Waals surface area contributed by atoms with E-state index in [1.54, 1.807) is 55.6 Å². The Hall–Kier alpha value is -4.46. The van der Waals surface area contributed by atoms with Crippen LogP contribution in [0, 0.1) is 5.82 Å². The molecule has 8 heteroatoms. The van der Waals surface area contributed by atoms with Crippen molar-refractivity contribution >= 4 is 17.6 Å². The lowest BCUT2D eigenvalue weighted by Gasteiger charge is -2.17. The Kier molecular flexibility index (Phi) is 6.40. The maximum absolute atomic E-state index is 13.5. The molecule has 1 heterocycles. The summed E-state index contributed by atoms with van der Waals surface area (Å²) in [5.74, 6) is -1.48. The molecule has 3 aromatic carbocycles. The summed E-state index contributed by atoms with van der Waals surface area (Å²) >= 11 is 0. The van der Waals surface area contributed by atoms with Crippen molar-refractivity contribution in [3.8, 4) is 11.4 Å². The van der Waals surface area contributed by atoms with E-state index in [-0.39, 0.29) is 23.0 Å². The van der Waals surface area contributed by atoms with Crippen molar-refractivity contribution in [3.05, 3.63) is 107 Å². The maximum atomic E-state index is 13.5. The van der Waals surface area contributed by atoms with Gasteiger partial charge in [0.25, 0.3) is 0 Å². The first-order chi connectivity index (χ1) is 16.4. The first-order valence-corrected chi connectivity index (χ1v) is 10.5. The summed E-state index contributed by atoms with van der Waals surface area (Å²) in [6.45, 7) is 0. The number of nitrogens with two attached hydrogens (primary N) is 1. The molecule has 34 heavy (non-hydrogen) atoms. The summed E-state index contributed by atoms with van der Waals surface area (Å²) in [5.41, 5.74) is 8.51. The van der Waals surface area contributed by atoms with E-state index in [1.807, 2.05) is 12.1 Å². The number of nitrogens with zero attached hydrogens (tertiary/aromatic N) is 2. The second-order valence-electron chi connectivity index (χ2n) is 7.73.